The first kappa shape index (κ1) is 17.1. The van der Waals surface area contributed by atoms with Gasteiger partial charge >= 0.3 is 0 Å². The van der Waals surface area contributed by atoms with Crippen molar-refractivity contribution in [1.29, 1.82) is 0 Å². The van der Waals surface area contributed by atoms with E-state index < -0.39 is 0 Å². The molecule has 0 amide bonds. The number of benzene rings is 1. The lowest BCUT2D eigenvalue weighted by molar-refractivity contribution is 0.303. The van der Waals surface area contributed by atoms with Crippen molar-refractivity contribution in [2.24, 2.45) is 0 Å². The van der Waals surface area contributed by atoms with Gasteiger partial charge in [-0.25, -0.2) is 0 Å². The molecule has 1 aromatic rings. The van der Waals surface area contributed by atoms with Gasteiger partial charge in [0.1, 0.15) is 5.75 Å². The highest BCUT2D eigenvalue weighted by molar-refractivity contribution is 5.48. The molecular formula is C19H32O. The van der Waals surface area contributed by atoms with Crippen LogP contribution in [0.2, 0.25) is 0 Å². The molecule has 0 bridgehead atoms. The second-order valence-electron chi connectivity index (χ2n) is 7.00. The van der Waals surface area contributed by atoms with E-state index >= 15 is 0 Å². The van der Waals surface area contributed by atoms with Crippen LogP contribution in [0.1, 0.15) is 78.9 Å². The molecule has 1 nitrogen and oxygen atoms in total. The summed E-state index contributed by atoms with van der Waals surface area (Å²) in [6.45, 7) is 16.8. The summed E-state index contributed by atoms with van der Waals surface area (Å²) in [5, 5.41) is 0. The van der Waals surface area contributed by atoms with E-state index in [1.807, 2.05) is 0 Å². The first-order valence-corrected chi connectivity index (χ1v) is 8.07. The Balaban J connectivity index is 3.44. The lowest BCUT2D eigenvalue weighted by Crippen LogP contribution is -2.26. The maximum Gasteiger partial charge on any atom is 0.123 e. The third-order valence-electron chi connectivity index (χ3n) is 4.66. The Morgan fingerprint density at radius 3 is 2.00 bits per heavy atom. The third-order valence-corrected chi connectivity index (χ3v) is 4.66. The summed E-state index contributed by atoms with van der Waals surface area (Å²) in [4.78, 5) is 0. The molecule has 0 atom stereocenters. The summed E-state index contributed by atoms with van der Waals surface area (Å²) in [7, 11) is 0. The summed E-state index contributed by atoms with van der Waals surface area (Å²) >= 11 is 0. The second kappa shape index (κ2) is 6.65. The average molecular weight is 276 g/mol. The van der Waals surface area contributed by atoms with Crippen LogP contribution >= 0.6 is 0 Å². The average Bonchev–Trinajstić information content (AvgIpc) is 2.44. The monoisotopic (exact) mass is 276 g/mol. The molecule has 0 aliphatic heterocycles. The number of ether oxygens (including phenoxy) is 1. The van der Waals surface area contributed by atoms with Gasteiger partial charge in [0.15, 0.2) is 0 Å². The van der Waals surface area contributed by atoms with Gasteiger partial charge in [-0.15, -0.1) is 0 Å². The Morgan fingerprint density at radius 2 is 1.50 bits per heavy atom. The lowest BCUT2D eigenvalue weighted by Gasteiger charge is -2.35. The van der Waals surface area contributed by atoms with Crippen LogP contribution < -0.4 is 4.74 Å². The fraction of sp³-hybridized carbons (Fsp3) is 0.684. The van der Waals surface area contributed by atoms with Crippen LogP contribution in [0, 0.1) is 0 Å². The van der Waals surface area contributed by atoms with Gasteiger partial charge in [-0.3, -0.25) is 0 Å². The molecule has 114 valence electrons. The van der Waals surface area contributed by atoms with Crippen molar-refractivity contribution in [3.05, 3.63) is 29.3 Å². The van der Waals surface area contributed by atoms with Gasteiger partial charge in [0.25, 0.3) is 0 Å². The zero-order chi connectivity index (χ0) is 15.4. The molecule has 1 heteroatoms. The Kier molecular flexibility index (Phi) is 5.68. The van der Waals surface area contributed by atoms with Crippen LogP contribution in [-0.4, -0.2) is 6.61 Å². The Morgan fingerprint density at radius 1 is 0.900 bits per heavy atom. The fourth-order valence-corrected chi connectivity index (χ4v) is 2.49. The van der Waals surface area contributed by atoms with Crippen LogP contribution in [-0.2, 0) is 10.8 Å². The summed E-state index contributed by atoms with van der Waals surface area (Å²) in [5.74, 6) is 1.08. The lowest BCUT2D eigenvalue weighted by atomic mass is 9.71. The SMILES string of the molecule is CCCOc1cccc(C(C)(C)CC)c1C(C)(C)CC. The highest BCUT2D eigenvalue weighted by Gasteiger charge is 2.31. The molecule has 0 fully saturated rings. The first-order valence-electron chi connectivity index (χ1n) is 8.07. The standard InChI is InChI=1S/C19H32O/c1-8-14-20-16-13-11-12-15(18(4,5)9-2)17(16)19(6,7)10-3/h11-13H,8-10,14H2,1-7H3. The molecule has 0 N–H and O–H groups in total. The Bertz CT molecular complexity index is 429. The number of hydrogen-bond acceptors (Lipinski definition) is 1. The molecule has 0 aliphatic rings. The predicted molar refractivity (Wildman–Crippen MR) is 88.9 cm³/mol. The van der Waals surface area contributed by atoms with Crippen molar-refractivity contribution in [3.63, 3.8) is 0 Å². The quantitative estimate of drug-likeness (QED) is 0.607. The molecule has 0 saturated carbocycles. The molecule has 0 heterocycles. The summed E-state index contributed by atoms with van der Waals surface area (Å²) in [6.07, 6.45) is 3.30. The minimum absolute atomic E-state index is 0.145. The highest BCUT2D eigenvalue weighted by atomic mass is 16.5. The zero-order valence-electron chi connectivity index (χ0n) is 14.5. The summed E-state index contributed by atoms with van der Waals surface area (Å²) in [6, 6.07) is 6.57. The molecular weight excluding hydrogens is 244 g/mol. The van der Waals surface area contributed by atoms with Gasteiger partial charge in [-0.05, 0) is 41.7 Å². The van der Waals surface area contributed by atoms with E-state index in [2.05, 4.69) is 66.7 Å². The van der Waals surface area contributed by atoms with Gasteiger partial charge in [0.05, 0.1) is 6.61 Å². The largest absolute Gasteiger partial charge is 0.493 e. The van der Waals surface area contributed by atoms with Crippen molar-refractivity contribution in [2.75, 3.05) is 6.61 Å². The molecule has 0 radical (unpaired) electrons. The van der Waals surface area contributed by atoms with Crippen molar-refractivity contribution in [3.8, 4) is 5.75 Å². The zero-order valence-corrected chi connectivity index (χ0v) is 14.5. The molecule has 0 spiro atoms. The number of hydrogen-bond donors (Lipinski definition) is 0. The van der Waals surface area contributed by atoms with E-state index in [0.29, 0.717) is 0 Å². The van der Waals surface area contributed by atoms with Gasteiger partial charge in [-0.2, -0.15) is 0 Å². The smallest absolute Gasteiger partial charge is 0.123 e. The normalized spacial score (nSPS) is 12.6. The minimum Gasteiger partial charge on any atom is -0.493 e. The molecule has 1 rings (SSSR count). The van der Waals surface area contributed by atoms with Crippen molar-refractivity contribution in [1.82, 2.24) is 0 Å². The third kappa shape index (κ3) is 3.56. The van der Waals surface area contributed by atoms with E-state index in [0.717, 1.165) is 31.6 Å². The van der Waals surface area contributed by atoms with Crippen LogP contribution in [0.15, 0.2) is 18.2 Å². The maximum absolute atomic E-state index is 6.05. The molecule has 0 aromatic heterocycles. The van der Waals surface area contributed by atoms with Crippen LogP contribution in [0.3, 0.4) is 0 Å². The summed E-state index contributed by atoms with van der Waals surface area (Å²) < 4.78 is 6.05. The van der Waals surface area contributed by atoms with Gasteiger partial charge in [0.2, 0.25) is 0 Å². The van der Waals surface area contributed by atoms with Crippen molar-refractivity contribution >= 4 is 0 Å². The van der Waals surface area contributed by atoms with E-state index in [9.17, 15) is 0 Å². The maximum atomic E-state index is 6.05. The van der Waals surface area contributed by atoms with E-state index in [1.165, 1.54) is 11.1 Å². The minimum atomic E-state index is 0.145. The number of rotatable bonds is 7. The Hall–Kier alpha value is -0.980. The predicted octanol–water partition coefficient (Wildman–Crippen LogP) is 5.85. The molecule has 0 unspecified atom stereocenters. The van der Waals surface area contributed by atoms with Crippen LogP contribution in [0.4, 0.5) is 0 Å². The Labute approximate surface area is 125 Å². The topological polar surface area (TPSA) is 9.23 Å². The molecule has 1 aromatic carbocycles. The highest BCUT2D eigenvalue weighted by Crippen LogP contribution is 2.42. The second-order valence-corrected chi connectivity index (χ2v) is 7.00. The van der Waals surface area contributed by atoms with E-state index in [-0.39, 0.29) is 10.8 Å². The fourth-order valence-electron chi connectivity index (χ4n) is 2.49. The molecule has 0 saturated heterocycles. The van der Waals surface area contributed by atoms with E-state index in [4.69, 9.17) is 4.74 Å². The van der Waals surface area contributed by atoms with Crippen molar-refractivity contribution in [2.45, 2.75) is 78.6 Å². The van der Waals surface area contributed by atoms with Crippen molar-refractivity contribution < 1.29 is 4.74 Å². The van der Waals surface area contributed by atoms with Crippen LogP contribution in [0.5, 0.6) is 5.75 Å². The van der Waals surface area contributed by atoms with Crippen LogP contribution in [0.25, 0.3) is 0 Å². The summed E-state index contributed by atoms with van der Waals surface area (Å²) in [5.41, 5.74) is 3.18. The van der Waals surface area contributed by atoms with Gasteiger partial charge in [-0.1, -0.05) is 60.6 Å². The van der Waals surface area contributed by atoms with E-state index in [1.54, 1.807) is 0 Å². The van der Waals surface area contributed by atoms with Gasteiger partial charge < -0.3 is 4.74 Å². The first-order chi connectivity index (χ1) is 9.30. The van der Waals surface area contributed by atoms with Gasteiger partial charge in [0, 0.05) is 5.56 Å². The molecule has 20 heavy (non-hydrogen) atoms. The molecule has 0 aliphatic carbocycles.